The van der Waals surface area contributed by atoms with Gasteiger partial charge < -0.3 is 27.3 Å². The topological polar surface area (TPSA) is 57.2 Å². The van der Waals surface area contributed by atoms with Crippen molar-refractivity contribution in [3.63, 3.8) is 0 Å². The molecule has 4 unspecified atom stereocenters. The number of fused-ring (bicyclic) bond motifs is 2. The molecule has 0 heterocycles. The molecule has 0 radical (unpaired) electrons. The van der Waals surface area contributed by atoms with E-state index in [9.17, 15) is 14.7 Å². The number of carboxylic acid groups (broad SMARTS) is 1. The summed E-state index contributed by atoms with van der Waals surface area (Å²) in [6.07, 6.45) is 4.50. The van der Waals surface area contributed by atoms with Gasteiger partial charge in [0.25, 0.3) is 0 Å². The smallest absolute Gasteiger partial charge is 0.0457 e. The number of carboxylic acids is 1. The maximum atomic E-state index is 11.0. The highest BCUT2D eigenvalue weighted by molar-refractivity contribution is 7.77. The van der Waals surface area contributed by atoms with Crippen molar-refractivity contribution in [2.75, 3.05) is 0 Å². The van der Waals surface area contributed by atoms with Crippen LogP contribution >= 0.6 is 0 Å². The molecule has 1 fully saturated rings. The average Bonchev–Trinajstić information content (AvgIpc) is 2.60. The average molecular weight is 196 g/mol. The monoisotopic (exact) mass is 196 g/mol. The summed E-state index contributed by atoms with van der Waals surface area (Å²) in [5.74, 6) is -2.33. The molecule has 3 nitrogen and oxygen atoms in total. The molecule has 70 valence electrons. The Morgan fingerprint density at radius 2 is 1.77 bits per heavy atom. The zero-order valence-electron chi connectivity index (χ0n) is 6.80. The van der Waals surface area contributed by atoms with Gasteiger partial charge in [0.2, 0.25) is 0 Å². The Bertz CT molecular complexity index is 269. The van der Waals surface area contributed by atoms with E-state index in [0.717, 1.165) is 6.42 Å². The highest BCUT2D eigenvalue weighted by Gasteiger charge is 2.45. The SMILES string of the molecule is O=C([O-])C1C2C=CC(C2)C1C(=O)[S-]. The van der Waals surface area contributed by atoms with Gasteiger partial charge in [0.05, 0.1) is 0 Å². The lowest BCUT2D eigenvalue weighted by Crippen LogP contribution is -2.40. The Morgan fingerprint density at radius 3 is 2.15 bits per heavy atom. The summed E-state index contributed by atoms with van der Waals surface area (Å²) < 4.78 is 0. The summed E-state index contributed by atoms with van der Waals surface area (Å²) in [5, 5.41) is 10.3. The summed E-state index contributed by atoms with van der Waals surface area (Å²) in [5.41, 5.74) is 0. The van der Waals surface area contributed by atoms with E-state index in [0.29, 0.717) is 0 Å². The third kappa shape index (κ3) is 1.16. The Morgan fingerprint density at radius 1 is 1.23 bits per heavy atom. The Kier molecular flexibility index (Phi) is 1.87. The third-order valence-electron chi connectivity index (χ3n) is 3.00. The molecule has 2 aliphatic carbocycles. The molecule has 0 aromatic carbocycles. The third-order valence-corrected chi connectivity index (χ3v) is 3.28. The van der Waals surface area contributed by atoms with Crippen molar-refractivity contribution in [1.82, 2.24) is 0 Å². The van der Waals surface area contributed by atoms with E-state index in [-0.39, 0.29) is 11.8 Å². The first-order valence-electron chi connectivity index (χ1n) is 4.21. The van der Waals surface area contributed by atoms with Crippen LogP contribution in [0.2, 0.25) is 0 Å². The molecule has 0 amide bonds. The van der Waals surface area contributed by atoms with Gasteiger partial charge in [-0.2, -0.15) is 0 Å². The summed E-state index contributed by atoms with van der Waals surface area (Å²) in [4.78, 5) is 21.8. The lowest BCUT2D eigenvalue weighted by molar-refractivity contribution is -0.313. The molecule has 2 rings (SSSR count). The molecule has 2 aliphatic rings. The van der Waals surface area contributed by atoms with Crippen LogP contribution in [0.15, 0.2) is 12.2 Å². The van der Waals surface area contributed by atoms with Gasteiger partial charge in [-0.05, 0) is 18.3 Å². The van der Waals surface area contributed by atoms with Crippen LogP contribution in [-0.2, 0) is 22.2 Å². The number of hydrogen-bond donors (Lipinski definition) is 0. The molecule has 0 aliphatic heterocycles. The lowest BCUT2D eigenvalue weighted by atomic mass is 9.84. The summed E-state index contributed by atoms with van der Waals surface area (Å²) in [6, 6.07) is 0. The Labute approximate surface area is 81.2 Å². The number of aliphatic carboxylic acids is 1. The van der Waals surface area contributed by atoms with Crippen molar-refractivity contribution in [3.8, 4) is 0 Å². The maximum absolute atomic E-state index is 11.0. The lowest BCUT2D eigenvalue weighted by Gasteiger charge is -2.30. The van der Waals surface area contributed by atoms with Crippen molar-refractivity contribution in [2.45, 2.75) is 6.42 Å². The van der Waals surface area contributed by atoms with Crippen LogP contribution in [0.25, 0.3) is 0 Å². The number of hydrogen-bond acceptors (Lipinski definition) is 4. The van der Waals surface area contributed by atoms with Gasteiger partial charge in [-0.25, -0.2) is 0 Å². The van der Waals surface area contributed by atoms with Crippen molar-refractivity contribution in [1.29, 1.82) is 0 Å². The second kappa shape index (κ2) is 2.80. The highest BCUT2D eigenvalue weighted by atomic mass is 32.1. The molecule has 4 atom stereocenters. The van der Waals surface area contributed by atoms with Crippen LogP contribution in [0.5, 0.6) is 0 Å². The van der Waals surface area contributed by atoms with E-state index in [1.807, 2.05) is 12.2 Å². The molecule has 13 heavy (non-hydrogen) atoms. The fourth-order valence-electron chi connectivity index (χ4n) is 2.46. The molecule has 0 aromatic heterocycles. The summed E-state index contributed by atoms with van der Waals surface area (Å²) in [6.45, 7) is 0. The second-order valence-electron chi connectivity index (χ2n) is 3.64. The number of carbonyl (C=O) groups is 2. The van der Waals surface area contributed by atoms with Crippen LogP contribution in [0.4, 0.5) is 0 Å². The highest BCUT2D eigenvalue weighted by Crippen LogP contribution is 2.47. The maximum Gasteiger partial charge on any atom is 0.0457 e. The molecule has 0 saturated heterocycles. The number of carbonyl (C=O) groups excluding carboxylic acids is 2. The first-order valence-corrected chi connectivity index (χ1v) is 4.62. The second-order valence-corrected chi connectivity index (χ2v) is 4.04. The van der Waals surface area contributed by atoms with Crippen LogP contribution in [0.3, 0.4) is 0 Å². The number of allylic oxidation sites excluding steroid dienone is 2. The fraction of sp³-hybridized carbons (Fsp3) is 0.556. The minimum atomic E-state index is -1.14. The molecular formula is C9H8O3S-2. The van der Waals surface area contributed by atoms with E-state index in [1.54, 1.807) is 0 Å². The van der Waals surface area contributed by atoms with Gasteiger partial charge in [-0.15, -0.1) is 0 Å². The van der Waals surface area contributed by atoms with Gasteiger partial charge >= 0.3 is 0 Å². The van der Waals surface area contributed by atoms with Crippen molar-refractivity contribution >= 4 is 23.7 Å². The van der Waals surface area contributed by atoms with Crippen LogP contribution in [0, 0.1) is 23.7 Å². The summed E-state index contributed by atoms with van der Waals surface area (Å²) >= 11 is 4.54. The van der Waals surface area contributed by atoms with Gasteiger partial charge in [-0.3, -0.25) is 0 Å². The molecule has 0 aromatic rings. The van der Waals surface area contributed by atoms with Crippen LogP contribution in [0.1, 0.15) is 6.42 Å². The van der Waals surface area contributed by atoms with Gasteiger partial charge in [0, 0.05) is 22.9 Å². The minimum absolute atomic E-state index is 0.0353. The molecule has 4 heteroatoms. The molecule has 1 saturated carbocycles. The van der Waals surface area contributed by atoms with Gasteiger partial charge in [0.1, 0.15) is 0 Å². The zero-order valence-corrected chi connectivity index (χ0v) is 7.62. The molecule has 0 spiro atoms. The van der Waals surface area contributed by atoms with Crippen molar-refractivity contribution < 1.29 is 14.7 Å². The molecule has 0 N–H and O–H groups in total. The largest absolute Gasteiger partial charge is 0.742 e. The quantitative estimate of drug-likeness (QED) is 0.430. The number of rotatable bonds is 2. The standard InChI is InChI=1S/C9H10O3S/c10-8(11)6-4-1-2-5(3-4)7(6)9(12)13/h1-2,4-7H,3H2,(H,10,11)(H,12,13)/p-2. The fourth-order valence-corrected chi connectivity index (χ4v) is 2.79. The normalized spacial score (nSPS) is 40.9. The van der Waals surface area contributed by atoms with E-state index in [2.05, 4.69) is 12.6 Å². The van der Waals surface area contributed by atoms with Crippen LogP contribution in [-0.4, -0.2) is 11.1 Å². The van der Waals surface area contributed by atoms with E-state index >= 15 is 0 Å². The zero-order chi connectivity index (χ0) is 9.59. The van der Waals surface area contributed by atoms with Crippen molar-refractivity contribution in [2.24, 2.45) is 23.7 Å². The van der Waals surface area contributed by atoms with Crippen LogP contribution < -0.4 is 5.11 Å². The van der Waals surface area contributed by atoms with E-state index in [4.69, 9.17) is 0 Å². The van der Waals surface area contributed by atoms with Gasteiger partial charge in [0.15, 0.2) is 0 Å². The predicted octanol–water partition coefficient (Wildman–Crippen LogP) is -0.752. The first kappa shape index (κ1) is 8.69. The van der Waals surface area contributed by atoms with E-state index in [1.165, 1.54) is 0 Å². The summed E-state index contributed by atoms with van der Waals surface area (Å²) in [7, 11) is 0. The molecule has 2 bridgehead atoms. The first-order chi connectivity index (χ1) is 6.11. The Balaban J connectivity index is 2.30. The Hall–Kier alpha value is -0.900. The predicted molar refractivity (Wildman–Crippen MR) is 45.1 cm³/mol. The molecular weight excluding hydrogens is 188 g/mol. The van der Waals surface area contributed by atoms with Crippen molar-refractivity contribution in [3.05, 3.63) is 12.2 Å². The minimum Gasteiger partial charge on any atom is -0.742 e. The van der Waals surface area contributed by atoms with E-state index < -0.39 is 22.9 Å². The van der Waals surface area contributed by atoms with Gasteiger partial charge in [-0.1, -0.05) is 12.2 Å².